The number of carbonyl (C=O) groups excluding carboxylic acids is 1. The van der Waals surface area contributed by atoms with Crippen molar-refractivity contribution in [2.75, 3.05) is 18.4 Å². The Morgan fingerprint density at radius 1 is 1.21 bits per heavy atom. The van der Waals surface area contributed by atoms with E-state index >= 15 is 0 Å². The zero-order valence-electron chi connectivity index (χ0n) is 16.7. The van der Waals surface area contributed by atoms with Crippen LogP contribution in [0.1, 0.15) is 37.0 Å². The Balaban J connectivity index is 1.62. The number of fused-ring (bicyclic) bond motifs is 1. The molecule has 3 heterocycles. The number of hydrogen-bond donors (Lipinski definition) is 1. The van der Waals surface area contributed by atoms with Gasteiger partial charge in [0.25, 0.3) is 5.91 Å². The first-order valence-corrected chi connectivity index (χ1v) is 10.8. The van der Waals surface area contributed by atoms with E-state index in [-0.39, 0.29) is 17.4 Å². The minimum atomic E-state index is 0.00822. The fourth-order valence-electron chi connectivity index (χ4n) is 4.19. The summed E-state index contributed by atoms with van der Waals surface area (Å²) >= 11 is 3.42. The molecule has 2 aromatic heterocycles. The summed E-state index contributed by atoms with van der Waals surface area (Å²) in [5.74, 6) is 0.867. The number of benzene rings is 1. The lowest BCUT2D eigenvalue weighted by molar-refractivity contribution is 0.0321. The highest BCUT2D eigenvalue weighted by atomic mass is 79.9. The molecule has 0 saturated carbocycles. The van der Waals surface area contributed by atoms with Crippen LogP contribution < -0.4 is 5.32 Å². The molecule has 0 radical (unpaired) electrons. The van der Waals surface area contributed by atoms with Gasteiger partial charge in [0.1, 0.15) is 5.82 Å². The number of para-hydroxylation sites is 1. The average molecular weight is 453 g/mol. The van der Waals surface area contributed by atoms with Gasteiger partial charge in [-0.2, -0.15) is 0 Å². The minimum absolute atomic E-state index is 0.00822. The van der Waals surface area contributed by atoms with Gasteiger partial charge in [0.15, 0.2) is 0 Å². The van der Waals surface area contributed by atoms with E-state index in [4.69, 9.17) is 0 Å². The third kappa shape index (κ3) is 4.13. The van der Waals surface area contributed by atoms with Crippen molar-refractivity contribution < 1.29 is 4.79 Å². The van der Waals surface area contributed by atoms with Crippen LogP contribution in [0.2, 0.25) is 0 Å². The first-order valence-electron chi connectivity index (χ1n) is 9.96. The van der Waals surface area contributed by atoms with Gasteiger partial charge in [-0.05, 0) is 58.5 Å². The van der Waals surface area contributed by atoms with E-state index in [2.05, 4.69) is 45.1 Å². The van der Waals surface area contributed by atoms with Crippen molar-refractivity contribution in [1.82, 2.24) is 14.9 Å². The van der Waals surface area contributed by atoms with E-state index in [1.165, 1.54) is 0 Å². The summed E-state index contributed by atoms with van der Waals surface area (Å²) in [6.07, 6.45) is 5.62. The van der Waals surface area contributed by atoms with Crippen LogP contribution in [-0.2, 0) is 0 Å². The van der Waals surface area contributed by atoms with Gasteiger partial charge in [-0.15, -0.1) is 0 Å². The third-order valence-electron chi connectivity index (χ3n) is 5.83. The average Bonchev–Trinajstić information content (AvgIpc) is 2.72. The molecule has 1 saturated heterocycles. The smallest absolute Gasteiger partial charge is 0.256 e. The van der Waals surface area contributed by atoms with Gasteiger partial charge in [0.2, 0.25) is 0 Å². The Morgan fingerprint density at radius 3 is 2.83 bits per heavy atom. The molecule has 6 heteroatoms. The normalized spacial score (nSPS) is 18.6. The van der Waals surface area contributed by atoms with E-state index in [0.29, 0.717) is 12.1 Å². The van der Waals surface area contributed by atoms with Crippen LogP contribution in [0.5, 0.6) is 0 Å². The van der Waals surface area contributed by atoms with Crippen molar-refractivity contribution >= 4 is 38.6 Å². The lowest BCUT2D eigenvalue weighted by Gasteiger charge is -2.46. The molecule has 1 atom stereocenters. The molecular formula is C23H25BrN4O. The Kier molecular flexibility index (Phi) is 5.54. The second kappa shape index (κ2) is 8.11. The number of nitrogens with zero attached hydrogens (tertiary/aromatic N) is 3. The summed E-state index contributed by atoms with van der Waals surface area (Å²) in [6.45, 7) is 5.90. The monoisotopic (exact) mass is 452 g/mol. The fraction of sp³-hybridized carbons (Fsp3) is 0.348. The number of hydrogen-bond acceptors (Lipinski definition) is 4. The van der Waals surface area contributed by atoms with Gasteiger partial charge < -0.3 is 10.2 Å². The molecule has 0 spiro atoms. The van der Waals surface area contributed by atoms with Gasteiger partial charge in [-0.25, -0.2) is 4.98 Å². The van der Waals surface area contributed by atoms with E-state index in [0.717, 1.165) is 40.6 Å². The summed E-state index contributed by atoms with van der Waals surface area (Å²) < 4.78 is 0.946. The number of anilines is 1. The van der Waals surface area contributed by atoms with Gasteiger partial charge in [-0.1, -0.05) is 32.0 Å². The molecular weight excluding hydrogens is 428 g/mol. The predicted molar refractivity (Wildman–Crippen MR) is 120 cm³/mol. The molecule has 0 aliphatic carbocycles. The predicted octanol–water partition coefficient (Wildman–Crippen LogP) is 5.14. The summed E-state index contributed by atoms with van der Waals surface area (Å²) in [5.41, 5.74) is 1.45. The molecule has 1 amide bonds. The molecule has 150 valence electrons. The molecule has 5 nitrogen and oxygen atoms in total. The maximum Gasteiger partial charge on any atom is 0.256 e. The fourth-order valence-corrected chi connectivity index (χ4v) is 4.43. The number of rotatable bonds is 4. The number of aromatic nitrogens is 2. The standard InChI is InChI=1S/C23H25BrN4O/c1-23(2)11-5-13-28(19(23)15-27-20-10-9-17(24)14-26-20)22(29)18-8-3-6-16-7-4-12-25-21(16)18/h3-4,6-10,12,14,19H,5,11,13,15H2,1-2H3,(H,26,27). The molecule has 1 N–H and O–H groups in total. The van der Waals surface area contributed by atoms with Crippen LogP contribution >= 0.6 is 15.9 Å². The quantitative estimate of drug-likeness (QED) is 0.595. The summed E-state index contributed by atoms with van der Waals surface area (Å²) in [5, 5.41) is 4.42. The first kappa shape index (κ1) is 19.8. The Morgan fingerprint density at radius 2 is 2.03 bits per heavy atom. The molecule has 1 unspecified atom stereocenters. The Labute approximate surface area is 179 Å². The van der Waals surface area contributed by atoms with Crippen molar-refractivity contribution in [3.63, 3.8) is 0 Å². The topological polar surface area (TPSA) is 58.1 Å². The first-order chi connectivity index (χ1) is 14.0. The summed E-state index contributed by atoms with van der Waals surface area (Å²) in [4.78, 5) is 24.5. The van der Waals surface area contributed by atoms with E-state index < -0.39 is 0 Å². The maximum absolute atomic E-state index is 13.6. The van der Waals surface area contributed by atoms with Crippen molar-refractivity contribution in [3.05, 3.63) is 64.9 Å². The van der Waals surface area contributed by atoms with Crippen molar-refractivity contribution in [2.45, 2.75) is 32.7 Å². The molecule has 1 fully saturated rings. The highest BCUT2D eigenvalue weighted by molar-refractivity contribution is 9.10. The number of pyridine rings is 2. The highest BCUT2D eigenvalue weighted by Gasteiger charge is 2.40. The number of carbonyl (C=O) groups is 1. The van der Waals surface area contributed by atoms with Gasteiger partial charge in [0.05, 0.1) is 17.1 Å². The van der Waals surface area contributed by atoms with Crippen molar-refractivity contribution in [1.29, 1.82) is 0 Å². The van der Waals surface area contributed by atoms with Crippen LogP contribution in [0.4, 0.5) is 5.82 Å². The number of nitrogens with one attached hydrogen (secondary N) is 1. The van der Waals surface area contributed by atoms with Crippen LogP contribution in [0.3, 0.4) is 0 Å². The zero-order chi connectivity index (χ0) is 20.4. The molecule has 4 rings (SSSR count). The van der Waals surface area contributed by atoms with Crippen LogP contribution in [0, 0.1) is 5.41 Å². The number of piperidine rings is 1. The van der Waals surface area contributed by atoms with Crippen LogP contribution in [0.25, 0.3) is 10.9 Å². The zero-order valence-corrected chi connectivity index (χ0v) is 18.3. The van der Waals surface area contributed by atoms with E-state index in [1.807, 2.05) is 47.4 Å². The highest BCUT2D eigenvalue weighted by Crippen LogP contribution is 2.36. The Bertz CT molecular complexity index is 1010. The molecule has 1 aliphatic heterocycles. The van der Waals surface area contributed by atoms with Crippen molar-refractivity contribution in [2.24, 2.45) is 5.41 Å². The minimum Gasteiger partial charge on any atom is -0.368 e. The number of halogens is 1. The second-order valence-corrected chi connectivity index (χ2v) is 9.15. The van der Waals surface area contributed by atoms with Crippen LogP contribution in [0.15, 0.2) is 59.3 Å². The molecule has 29 heavy (non-hydrogen) atoms. The summed E-state index contributed by atoms with van der Waals surface area (Å²) in [6, 6.07) is 13.7. The van der Waals surface area contributed by atoms with Crippen molar-refractivity contribution in [3.8, 4) is 0 Å². The summed E-state index contributed by atoms with van der Waals surface area (Å²) in [7, 11) is 0. The Hall–Kier alpha value is -2.47. The van der Waals surface area contributed by atoms with Gasteiger partial charge in [0, 0.05) is 35.3 Å². The molecule has 1 aromatic carbocycles. The van der Waals surface area contributed by atoms with Gasteiger partial charge in [-0.3, -0.25) is 9.78 Å². The lowest BCUT2D eigenvalue weighted by atomic mass is 9.76. The second-order valence-electron chi connectivity index (χ2n) is 8.23. The number of likely N-dealkylation sites (tertiary alicyclic amines) is 1. The van der Waals surface area contributed by atoms with E-state index in [9.17, 15) is 4.79 Å². The number of amides is 1. The third-order valence-corrected chi connectivity index (χ3v) is 6.30. The lowest BCUT2D eigenvalue weighted by Crippen LogP contribution is -2.55. The molecule has 3 aromatic rings. The molecule has 0 bridgehead atoms. The van der Waals surface area contributed by atoms with E-state index in [1.54, 1.807) is 12.4 Å². The van der Waals surface area contributed by atoms with Crippen LogP contribution in [-0.4, -0.2) is 39.9 Å². The largest absolute Gasteiger partial charge is 0.368 e. The van der Waals surface area contributed by atoms with Gasteiger partial charge >= 0.3 is 0 Å². The molecule has 1 aliphatic rings. The maximum atomic E-state index is 13.6. The SMILES string of the molecule is CC1(C)CCCN(C(=O)c2cccc3cccnc23)C1CNc1ccc(Br)cn1.